The second kappa shape index (κ2) is 6.26. The Bertz CT molecular complexity index is 402. The van der Waals surface area contributed by atoms with Crippen molar-refractivity contribution in [3.63, 3.8) is 0 Å². The fraction of sp³-hybridized carbons (Fsp3) is 0.615. The van der Waals surface area contributed by atoms with Crippen LogP contribution in [0.5, 0.6) is 0 Å². The highest BCUT2D eigenvalue weighted by molar-refractivity contribution is 8.07. The number of thioether (sulfide) groups is 2. The van der Waals surface area contributed by atoms with Crippen LogP contribution in [0.4, 0.5) is 4.39 Å². The molecule has 0 aromatic carbocycles. The molecule has 4 unspecified atom stereocenters. The number of hydrogen-bond donors (Lipinski definition) is 1. The molecule has 100 valence electrons. The molecule has 18 heavy (non-hydrogen) atoms. The van der Waals surface area contributed by atoms with Crippen LogP contribution < -0.4 is 5.32 Å². The summed E-state index contributed by atoms with van der Waals surface area (Å²) in [5, 5.41) is 4.95. The number of nitrogens with one attached hydrogen (secondary N) is 1. The fourth-order valence-electron chi connectivity index (χ4n) is 2.16. The van der Waals surface area contributed by atoms with E-state index in [2.05, 4.69) is 24.1 Å². The maximum absolute atomic E-state index is 13.8. The van der Waals surface area contributed by atoms with Crippen LogP contribution in [-0.2, 0) is 0 Å². The summed E-state index contributed by atoms with van der Waals surface area (Å²) in [6.45, 7) is 4.52. The van der Waals surface area contributed by atoms with Gasteiger partial charge in [0.1, 0.15) is 5.82 Å². The van der Waals surface area contributed by atoms with Crippen LogP contribution in [-0.4, -0.2) is 33.5 Å². The van der Waals surface area contributed by atoms with E-state index in [9.17, 15) is 4.39 Å². The monoisotopic (exact) mass is 286 g/mol. The highest BCUT2D eigenvalue weighted by atomic mass is 32.2. The minimum Gasteiger partial charge on any atom is -0.312 e. The molecule has 5 heteroatoms. The Kier molecular flexibility index (Phi) is 4.92. The van der Waals surface area contributed by atoms with E-state index in [1.165, 1.54) is 6.20 Å². The van der Waals surface area contributed by atoms with Crippen molar-refractivity contribution in [3.05, 3.63) is 29.8 Å². The third-order valence-corrected chi connectivity index (χ3v) is 6.89. The van der Waals surface area contributed by atoms with Crippen LogP contribution in [0.2, 0.25) is 0 Å². The molecule has 0 aliphatic carbocycles. The van der Waals surface area contributed by atoms with E-state index in [0.29, 0.717) is 15.7 Å². The van der Waals surface area contributed by atoms with Crippen LogP contribution in [0.25, 0.3) is 0 Å². The van der Waals surface area contributed by atoms with E-state index in [1.54, 1.807) is 12.3 Å². The van der Waals surface area contributed by atoms with Crippen LogP contribution in [0, 0.1) is 5.82 Å². The Labute approximate surface area is 117 Å². The fourth-order valence-corrected chi connectivity index (χ4v) is 5.31. The maximum atomic E-state index is 13.8. The zero-order valence-corrected chi connectivity index (χ0v) is 12.5. The van der Waals surface area contributed by atoms with Gasteiger partial charge in [-0.25, -0.2) is 4.39 Å². The van der Waals surface area contributed by atoms with Gasteiger partial charge >= 0.3 is 0 Å². The number of rotatable bonds is 3. The minimum atomic E-state index is -0.214. The zero-order valence-electron chi connectivity index (χ0n) is 10.9. The SMILES string of the molecule is CNC(c1ccncc1F)C1CSC(C)C(C)S1. The maximum Gasteiger partial charge on any atom is 0.146 e. The van der Waals surface area contributed by atoms with Crippen molar-refractivity contribution in [1.29, 1.82) is 0 Å². The standard InChI is InChI=1S/C13H19FN2S2/c1-8-9(2)18-12(7-17-8)13(15-3)10-4-5-16-6-11(10)14/h4-6,8-9,12-13,15H,7H2,1-3H3. The smallest absolute Gasteiger partial charge is 0.146 e. The molecule has 2 nitrogen and oxygen atoms in total. The van der Waals surface area contributed by atoms with Crippen LogP contribution in [0.15, 0.2) is 18.5 Å². The van der Waals surface area contributed by atoms with Gasteiger partial charge in [-0.05, 0) is 13.1 Å². The van der Waals surface area contributed by atoms with E-state index in [4.69, 9.17) is 0 Å². The summed E-state index contributed by atoms with van der Waals surface area (Å²) in [7, 11) is 1.90. The lowest BCUT2D eigenvalue weighted by Gasteiger charge is -2.36. The molecule has 0 saturated carbocycles. The Morgan fingerprint density at radius 2 is 2.22 bits per heavy atom. The van der Waals surface area contributed by atoms with E-state index < -0.39 is 0 Å². The summed E-state index contributed by atoms with van der Waals surface area (Å²) in [5.41, 5.74) is 0.729. The van der Waals surface area contributed by atoms with E-state index >= 15 is 0 Å². The molecule has 0 amide bonds. The molecule has 1 fully saturated rings. The molecular weight excluding hydrogens is 267 g/mol. The van der Waals surface area contributed by atoms with Gasteiger partial charge < -0.3 is 5.32 Å². The number of hydrogen-bond acceptors (Lipinski definition) is 4. The predicted octanol–water partition coefficient (Wildman–Crippen LogP) is 3.11. The van der Waals surface area contributed by atoms with Crippen molar-refractivity contribution in [3.8, 4) is 0 Å². The van der Waals surface area contributed by atoms with Crippen LogP contribution in [0.3, 0.4) is 0 Å². The molecule has 1 saturated heterocycles. The van der Waals surface area contributed by atoms with Crippen molar-refractivity contribution in [2.24, 2.45) is 0 Å². The molecule has 2 rings (SSSR count). The Morgan fingerprint density at radius 3 is 2.83 bits per heavy atom. The number of aromatic nitrogens is 1. The third kappa shape index (κ3) is 3.00. The normalized spacial score (nSPS) is 30.1. The van der Waals surface area contributed by atoms with Gasteiger partial charge in [-0.2, -0.15) is 23.5 Å². The van der Waals surface area contributed by atoms with Crippen LogP contribution >= 0.6 is 23.5 Å². The first-order chi connectivity index (χ1) is 8.63. The van der Waals surface area contributed by atoms with Gasteiger partial charge in [-0.1, -0.05) is 13.8 Å². The molecule has 4 atom stereocenters. The molecule has 1 aromatic rings. The third-order valence-electron chi connectivity index (χ3n) is 3.40. The van der Waals surface area contributed by atoms with Crippen LogP contribution in [0.1, 0.15) is 25.5 Å². The molecular formula is C13H19FN2S2. The molecule has 0 bridgehead atoms. The highest BCUT2D eigenvalue weighted by Gasteiger charge is 2.32. The number of nitrogens with zero attached hydrogens (tertiary/aromatic N) is 1. The zero-order chi connectivity index (χ0) is 13.1. The lowest BCUT2D eigenvalue weighted by Crippen LogP contribution is -2.36. The van der Waals surface area contributed by atoms with Crippen molar-refractivity contribution >= 4 is 23.5 Å². The topological polar surface area (TPSA) is 24.9 Å². The summed E-state index contributed by atoms with van der Waals surface area (Å²) >= 11 is 3.94. The van der Waals surface area contributed by atoms with Gasteiger partial charge in [-0.15, -0.1) is 0 Å². The predicted molar refractivity (Wildman–Crippen MR) is 78.8 cm³/mol. The molecule has 0 spiro atoms. The molecule has 1 aliphatic rings. The summed E-state index contributed by atoms with van der Waals surface area (Å²) in [5.74, 6) is 0.845. The van der Waals surface area contributed by atoms with E-state index in [0.717, 1.165) is 11.3 Å². The van der Waals surface area contributed by atoms with Crippen molar-refractivity contribution in [1.82, 2.24) is 10.3 Å². The van der Waals surface area contributed by atoms with Gasteiger partial charge in [0.05, 0.1) is 6.20 Å². The Morgan fingerprint density at radius 1 is 1.44 bits per heavy atom. The minimum absolute atomic E-state index is 0.0560. The second-order valence-corrected chi connectivity index (χ2v) is 7.61. The largest absolute Gasteiger partial charge is 0.312 e. The quantitative estimate of drug-likeness (QED) is 0.923. The Balaban J connectivity index is 2.17. The summed E-state index contributed by atoms with van der Waals surface area (Å²) in [4.78, 5) is 3.82. The van der Waals surface area contributed by atoms with Gasteiger partial charge in [0.25, 0.3) is 0 Å². The molecule has 1 aliphatic heterocycles. The summed E-state index contributed by atoms with van der Waals surface area (Å²) < 4.78 is 13.8. The lowest BCUT2D eigenvalue weighted by molar-refractivity contribution is 0.529. The second-order valence-electron chi connectivity index (χ2n) is 4.58. The average Bonchev–Trinajstić information content (AvgIpc) is 2.37. The molecule has 1 aromatic heterocycles. The number of pyridine rings is 1. The van der Waals surface area contributed by atoms with Gasteiger partial charge in [-0.3, -0.25) is 4.98 Å². The number of halogens is 1. The van der Waals surface area contributed by atoms with Gasteiger partial charge in [0, 0.05) is 39.3 Å². The van der Waals surface area contributed by atoms with Crippen molar-refractivity contribution < 1.29 is 4.39 Å². The lowest BCUT2D eigenvalue weighted by atomic mass is 10.1. The average molecular weight is 286 g/mol. The molecule has 2 heterocycles. The van der Waals surface area contributed by atoms with Crippen molar-refractivity contribution in [2.45, 2.75) is 35.6 Å². The van der Waals surface area contributed by atoms with Gasteiger partial charge in [0.2, 0.25) is 0 Å². The Hall–Kier alpha value is -0.260. The first-order valence-electron chi connectivity index (χ1n) is 6.17. The van der Waals surface area contributed by atoms with Crippen molar-refractivity contribution in [2.75, 3.05) is 12.8 Å². The molecule has 0 radical (unpaired) electrons. The van der Waals surface area contributed by atoms with E-state index in [1.807, 2.05) is 30.6 Å². The summed E-state index contributed by atoms with van der Waals surface area (Å²) in [6, 6.07) is 1.84. The van der Waals surface area contributed by atoms with E-state index in [-0.39, 0.29) is 11.9 Å². The first-order valence-corrected chi connectivity index (χ1v) is 8.16. The highest BCUT2D eigenvalue weighted by Crippen LogP contribution is 2.41. The first kappa shape index (κ1) is 14.2. The molecule has 1 N–H and O–H groups in total. The van der Waals surface area contributed by atoms with Gasteiger partial charge in [0.15, 0.2) is 0 Å². The summed E-state index contributed by atoms with van der Waals surface area (Å²) in [6.07, 6.45) is 2.96.